The zero-order valence-corrected chi connectivity index (χ0v) is 16.8. The normalized spacial score (nSPS) is 36.3. The molecule has 3 rings (SSSR count). The Labute approximate surface area is 162 Å². The van der Waals surface area contributed by atoms with Crippen LogP contribution in [0, 0.1) is 17.3 Å². The largest absolute Gasteiger partial charge is 0.389 e. The molecule has 0 aromatic heterocycles. The van der Waals surface area contributed by atoms with Crippen molar-refractivity contribution in [1.82, 2.24) is 0 Å². The molecule has 1 unspecified atom stereocenters. The number of hydrogen-bond acceptors (Lipinski definition) is 4. The number of aliphatic hydroxyl groups excluding tert-OH is 1. The SMILES string of the molecule is CC1=C[C@H](OCC(=O)c2ccccc2)[C@@H]2[C@](C)(CC[C@@]2(O)C(C)C)CC1O. The first-order valence-electron chi connectivity index (χ1n) is 9.96. The summed E-state index contributed by atoms with van der Waals surface area (Å²) in [7, 11) is 0. The second-order valence-electron chi connectivity index (χ2n) is 8.97. The molecule has 0 saturated heterocycles. The summed E-state index contributed by atoms with van der Waals surface area (Å²) in [5, 5.41) is 22.1. The maximum Gasteiger partial charge on any atom is 0.188 e. The van der Waals surface area contributed by atoms with Crippen LogP contribution in [0.5, 0.6) is 0 Å². The Bertz CT molecular complexity index is 710. The number of benzene rings is 1. The number of rotatable bonds is 5. The van der Waals surface area contributed by atoms with Gasteiger partial charge in [-0.05, 0) is 43.1 Å². The predicted molar refractivity (Wildman–Crippen MR) is 106 cm³/mol. The molecule has 0 aliphatic heterocycles. The number of ether oxygens (including phenoxy) is 1. The summed E-state index contributed by atoms with van der Waals surface area (Å²) in [6.07, 6.45) is 3.15. The Morgan fingerprint density at radius 1 is 1.26 bits per heavy atom. The monoisotopic (exact) mass is 372 g/mol. The van der Waals surface area contributed by atoms with Crippen molar-refractivity contribution in [1.29, 1.82) is 0 Å². The third kappa shape index (κ3) is 3.75. The maximum absolute atomic E-state index is 12.5. The Kier molecular flexibility index (Phi) is 5.62. The van der Waals surface area contributed by atoms with Crippen LogP contribution in [0.2, 0.25) is 0 Å². The summed E-state index contributed by atoms with van der Waals surface area (Å²) in [6, 6.07) is 9.13. The lowest BCUT2D eigenvalue weighted by atomic mass is 9.67. The molecule has 2 aliphatic rings. The van der Waals surface area contributed by atoms with Gasteiger partial charge in [-0.15, -0.1) is 0 Å². The first-order valence-corrected chi connectivity index (χ1v) is 9.96. The topological polar surface area (TPSA) is 66.8 Å². The van der Waals surface area contributed by atoms with Gasteiger partial charge in [0.05, 0.1) is 17.8 Å². The summed E-state index contributed by atoms with van der Waals surface area (Å²) in [6.45, 7) is 8.09. The average molecular weight is 373 g/mol. The molecule has 0 heterocycles. The van der Waals surface area contributed by atoms with Gasteiger partial charge in [-0.1, -0.05) is 57.2 Å². The number of Topliss-reactive ketones (excluding diaryl/α,β-unsaturated/α-hetero) is 1. The quantitative estimate of drug-likeness (QED) is 0.610. The first kappa shape index (κ1) is 20.2. The predicted octanol–water partition coefficient (Wildman–Crippen LogP) is 3.77. The van der Waals surface area contributed by atoms with Crippen molar-refractivity contribution in [3.05, 3.63) is 47.5 Å². The molecular weight excluding hydrogens is 340 g/mol. The van der Waals surface area contributed by atoms with Crippen molar-refractivity contribution in [2.75, 3.05) is 6.61 Å². The van der Waals surface area contributed by atoms with Crippen molar-refractivity contribution in [3.8, 4) is 0 Å². The number of fused-ring (bicyclic) bond motifs is 1. The molecule has 2 aliphatic carbocycles. The maximum atomic E-state index is 12.5. The standard InChI is InChI=1S/C23H32O4/c1-15(2)23(26)11-10-22(4)13-18(24)16(3)12-20(21(22)23)27-14-19(25)17-8-6-5-7-9-17/h5-9,12,15,18,20-21,24,26H,10-11,13-14H2,1-4H3/t18?,20-,21+,22+,23+/m0/s1. The van der Waals surface area contributed by atoms with Gasteiger partial charge in [-0.3, -0.25) is 4.79 Å². The van der Waals surface area contributed by atoms with Crippen molar-refractivity contribution >= 4 is 5.78 Å². The Morgan fingerprint density at radius 3 is 2.56 bits per heavy atom. The first-order chi connectivity index (χ1) is 12.7. The Hall–Kier alpha value is -1.49. The van der Waals surface area contributed by atoms with E-state index >= 15 is 0 Å². The van der Waals surface area contributed by atoms with Crippen LogP contribution in [0.3, 0.4) is 0 Å². The van der Waals surface area contributed by atoms with Crippen molar-refractivity contribution < 1.29 is 19.7 Å². The van der Waals surface area contributed by atoms with Gasteiger partial charge < -0.3 is 14.9 Å². The number of hydrogen-bond donors (Lipinski definition) is 2. The molecule has 1 aromatic carbocycles. The molecule has 0 spiro atoms. The summed E-state index contributed by atoms with van der Waals surface area (Å²) < 4.78 is 6.13. The van der Waals surface area contributed by atoms with Gasteiger partial charge in [0.1, 0.15) is 6.61 Å². The molecule has 0 bridgehead atoms. The molecule has 148 valence electrons. The zero-order valence-electron chi connectivity index (χ0n) is 16.8. The highest BCUT2D eigenvalue weighted by molar-refractivity contribution is 5.97. The second kappa shape index (κ2) is 7.50. The molecule has 1 saturated carbocycles. The minimum atomic E-state index is -0.865. The Morgan fingerprint density at radius 2 is 1.93 bits per heavy atom. The minimum Gasteiger partial charge on any atom is -0.389 e. The van der Waals surface area contributed by atoms with E-state index in [2.05, 4.69) is 6.92 Å². The molecule has 27 heavy (non-hydrogen) atoms. The molecule has 2 N–H and O–H groups in total. The molecule has 5 atom stereocenters. The highest BCUT2D eigenvalue weighted by atomic mass is 16.5. The van der Waals surface area contributed by atoms with Crippen LogP contribution in [-0.2, 0) is 4.74 Å². The molecule has 0 amide bonds. The molecular formula is C23H32O4. The van der Waals surface area contributed by atoms with Gasteiger partial charge in [0.25, 0.3) is 0 Å². The van der Waals surface area contributed by atoms with Crippen LogP contribution in [0.25, 0.3) is 0 Å². The van der Waals surface area contributed by atoms with E-state index in [1.807, 2.05) is 45.0 Å². The lowest BCUT2D eigenvalue weighted by molar-refractivity contribution is -0.114. The van der Waals surface area contributed by atoms with Gasteiger partial charge in [-0.25, -0.2) is 0 Å². The highest BCUT2D eigenvalue weighted by Crippen LogP contribution is 2.58. The summed E-state index contributed by atoms with van der Waals surface area (Å²) >= 11 is 0. The fourth-order valence-corrected chi connectivity index (χ4v) is 5.05. The third-order valence-electron chi connectivity index (χ3n) is 6.83. The van der Waals surface area contributed by atoms with Gasteiger partial charge in [0.15, 0.2) is 5.78 Å². The number of aliphatic hydroxyl groups is 2. The molecule has 0 radical (unpaired) electrons. The smallest absolute Gasteiger partial charge is 0.188 e. The fraction of sp³-hybridized carbons (Fsp3) is 0.609. The lowest BCUT2D eigenvalue weighted by Gasteiger charge is -2.43. The molecule has 4 heteroatoms. The van der Waals surface area contributed by atoms with Gasteiger partial charge in [0, 0.05) is 11.5 Å². The van der Waals surface area contributed by atoms with E-state index in [9.17, 15) is 15.0 Å². The number of ketones is 1. The summed E-state index contributed by atoms with van der Waals surface area (Å²) in [5.41, 5.74) is 0.387. The Balaban J connectivity index is 1.88. The van der Waals surface area contributed by atoms with Crippen LogP contribution >= 0.6 is 0 Å². The van der Waals surface area contributed by atoms with E-state index < -0.39 is 17.8 Å². The van der Waals surface area contributed by atoms with E-state index in [1.54, 1.807) is 12.1 Å². The minimum absolute atomic E-state index is 0.0324. The average Bonchev–Trinajstić information content (AvgIpc) is 2.85. The van der Waals surface area contributed by atoms with Crippen molar-refractivity contribution in [2.24, 2.45) is 17.3 Å². The van der Waals surface area contributed by atoms with Crippen LogP contribution < -0.4 is 0 Å². The van der Waals surface area contributed by atoms with Gasteiger partial charge in [-0.2, -0.15) is 0 Å². The van der Waals surface area contributed by atoms with Crippen molar-refractivity contribution in [3.63, 3.8) is 0 Å². The van der Waals surface area contributed by atoms with Crippen LogP contribution in [0.1, 0.15) is 57.3 Å². The molecule has 1 aromatic rings. The van der Waals surface area contributed by atoms with Crippen molar-refractivity contribution in [2.45, 2.75) is 64.8 Å². The zero-order chi connectivity index (χ0) is 19.8. The summed E-state index contributed by atoms with van der Waals surface area (Å²) in [5.74, 6) is -0.149. The lowest BCUT2D eigenvalue weighted by Crippen LogP contribution is -2.49. The van der Waals surface area contributed by atoms with E-state index in [1.165, 1.54) is 0 Å². The second-order valence-corrected chi connectivity index (χ2v) is 8.97. The third-order valence-corrected chi connectivity index (χ3v) is 6.83. The highest BCUT2D eigenvalue weighted by Gasteiger charge is 2.59. The van der Waals surface area contributed by atoms with E-state index in [0.29, 0.717) is 18.4 Å². The fourth-order valence-electron chi connectivity index (χ4n) is 5.05. The van der Waals surface area contributed by atoms with E-state index in [0.717, 1.165) is 12.0 Å². The van der Waals surface area contributed by atoms with Gasteiger partial charge in [0.2, 0.25) is 0 Å². The van der Waals surface area contributed by atoms with Gasteiger partial charge >= 0.3 is 0 Å². The number of carbonyl (C=O) groups excluding carboxylic acids is 1. The van der Waals surface area contributed by atoms with Crippen LogP contribution in [0.4, 0.5) is 0 Å². The van der Waals surface area contributed by atoms with Crippen LogP contribution in [0.15, 0.2) is 42.0 Å². The van der Waals surface area contributed by atoms with E-state index in [4.69, 9.17) is 4.74 Å². The van der Waals surface area contributed by atoms with E-state index in [-0.39, 0.29) is 29.6 Å². The number of carbonyl (C=O) groups is 1. The molecule has 4 nitrogen and oxygen atoms in total. The van der Waals surface area contributed by atoms with Crippen LogP contribution in [-0.4, -0.2) is 40.4 Å². The molecule has 1 fully saturated rings. The summed E-state index contributed by atoms with van der Waals surface area (Å²) in [4.78, 5) is 12.5.